The van der Waals surface area contributed by atoms with Crippen molar-refractivity contribution in [3.05, 3.63) is 82.9 Å². The van der Waals surface area contributed by atoms with Crippen LogP contribution >= 0.6 is 0 Å². The summed E-state index contributed by atoms with van der Waals surface area (Å²) >= 11 is 0. The summed E-state index contributed by atoms with van der Waals surface area (Å²) in [7, 11) is 0. The number of nitrogens with two attached hydrogens (primary N) is 1. The van der Waals surface area contributed by atoms with Gasteiger partial charge in [-0.3, -0.25) is 24.4 Å². The van der Waals surface area contributed by atoms with Crippen molar-refractivity contribution in [2.45, 2.75) is 43.1 Å². The van der Waals surface area contributed by atoms with E-state index in [9.17, 15) is 31.9 Å². The standard InChI is InChI=1S/C27H26F4N6O3/c28-16-5-3-4-15(8-16)9-19(34-25(40)20-10-22(36-35-20)27(29,30)31)21(38)13-37-14-26(11-23(37)32)12-24(39)33-18-7-2-1-6-17(18)26/h1-8,10,19,23H,9,11-14,32H2,(H,33,39)(H,34,40)(H,35,36)/t19-,23-,26-/m0/s1. The van der Waals surface area contributed by atoms with E-state index in [2.05, 4.69) is 15.7 Å². The van der Waals surface area contributed by atoms with Crippen molar-refractivity contribution in [2.24, 2.45) is 5.73 Å². The highest BCUT2D eigenvalue weighted by Crippen LogP contribution is 2.45. The summed E-state index contributed by atoms with van der Waals surface area (Å²) in [6.45, 7) is 0.101. The van der Waals surface area contributed by atoms with Crippen LogP contribution in [0.4, 0.5) is 23.2 Å². The number of nitrogens with zero attached hydrogens (tertiary/aromatic N) is 2. The van der Waals surface area contributed by atoms with Crippen LogP contribution in [-0.4, -0.2) is 58.0 Å². The quantitative estimate of drug-likeness (QED) is 0.330. The van der Waals surface area contributed by atoms with E-state index < -0.39 is 52.7 Å². The molecular formula is C27H26F4N6O3. The number of aromatic nitrogens is 2. The molecule has 2 amide bonds. The minimum atomic E-state index is -4.76. The third kappa shape index (κ3) is 5.61. The molecule has 3 atom stereocenters. The fraction of sp³-hybridized carbons (Fsp3) is 0.333. The second-order valence-corrected chi connectivity index (χ2v) is 10.2. The molecule has 5 N–H and O–H groups in total. The van der Waals surface area contributed by atoms with Gasteiger partial charge in [-0.25, -0.2) is 4.39 Å². The molecule has 5 rings (SSSR count). The Morgan fingerprint density at radius 1 is 1.18 bits per heavy atom. The lowest BCUT2D eigenvalue weighted by Gasteiger charge is -2.35. The number of likely N-dealkylation sites (tertiary alicyclic amines) is 1. The number of ketones is 1. The minimum absolute atomic E-state index is 0.109. The molecule has 40 heavy (non-hydrogen) atoms. The summed E-state index contributed by atoms with van der Waals surface area (Å²) in [5, 5.41) is 10.5. The van der Waals surface area contributed by atoms with Gasteiger partial charge in [-0.15, -0.1) is 0 Å². The van der Waals surface area contributed by atoms with Crippen molar-refractivity contribution in [2.75, 3.05) is 18.4 Å². The number of H-pyrrole nitrogens is 1. The number of amides is 2. The Morgan fingerprint density at radius 3 is 2.67 bits per heavy atom. The third-order valence-corrected chi connectivity index (χ3v) is 7.34. The Bertz CT molecular complexity index is 1460. The summed E-state index contributed by atoms with van der Waals surface area (Å²) in [5.74, 6) is -2.16. The molecule has 9 nitrogen and oxygen atoms in total. The van der Waals surface area contributed by atoms with Gasteiger partial charge in [0.1, 0.15) is 11.5 Å². The van der Waals surface area contributed by atoms with Crippen molar-refractivity contribution in [3.63, 3.8) is 0 Å². The molecule has 1 saturated heterocycles. The second-order valence-electron chi connectivity index (χ2n) is 10.2. The molecule has 0 saturated carbocycles. The van der Waals surface area contributed by atoms with Crippen molar-refractivity contribution in [3.8, 4) is 0 Å². The minimum Gasteiger partial charge on any atom is -0.341 e. The average molecular weight is 559 g/mol. The molecule has 0 aliphatic carbocycles. The molecule has 2 aromatic carbocycles. The fourth-order valence-corrected chi connectivity index (χ4v) is 5.52. The van der Waals surface area contributed by atoms with Crippen LogP contribution in [0.1, 0.15) is 40.2 Å². The molecule has 2 aliphatic heterocycles. The smallest absolute Gasteiger partial charge is 0.341 e. The number of benzene rings is 2. The van der Waals surface area contributed by atoms with Crippen LogP contribution in [0.25, 0.3) is 0 Å². The number of aromatic amines is 1. The van der Waals surface area contributed by atoms with E-state index in [1.807, 2.05) is 23.3 Å². The molecule has 1 spiro atoms. The molecule has 1 fully saturated rings. The van der Waals surface area contributed by atoms with E-state index in [1.54, 1.807) is 17.0 Å². The fourth-order valence-electron chi connectivity index (χ4n) is 5.52. The van der Waals surface area contributed by atoms with Gasteiger partial charge in [-0.05, 0) is 42.2 Å². The van der Waals surface area contributed by atoms with Crippen molar-refractivity contribution < 1.29 is 31.9 Å². The average Bonchev–Trinajstić information content (AvgIpc) is 3.49. The number of hydrogen-bond acceptors (Lipinski definition) is 6. The van der Waals surface area contributed by atoms with Crippen LogP contribution in [0.3, 0.4) is 0 Å². The Labute approximate surface area is 226 Å². The van der Waals surface area contributed by atoms with Crippen molar-refractivity contribution in [1.29, 1.82) is 0 Å². The lowest BCUT2D eigenvalue weighted by Crippen LogP contribution is -2.49. The van der Waals surface area contributed by atoms with Gasteiger partial charge in [0.15, 0.2) is 11.5 Å². The molecule has 0 unspecified atom stereocenters. The number of halogens is 4. The molecule has 2 aliphatic rings. The van der Waals surface area contributed by atoms with Gasteiger partial charge in [0, 0.05) is 30.1 Å². The van der Waals surface area contributed by atoms with E-state index >= 15 is 0 Å². The highest BCUT2D eigenvalue weighted by Gasteiger charge is 2.49. The van der Waals surface area contributed by atoms with E-state index in [0.29, 0.717) is 30.3 Å². The van der Waals surface area contributed by atoms with Crippen LogP contribution < -0.4 is 16.4 Å². The molecular weight excluding hydrogens is 532 g/mol. The first-order valence-corrected chi connectivity index (χ1v) is 12.5. The number of fused-ring (bicyclic) bond motifs is 2. The van der Waals surface area contributed by atoms with Gasteiger partial charge >= 0.3 is 6.18 Å². The van der Waals surface area contributed by atoms with Crippen molar-refractivity contribution in [1.82, 2.24) is 20.4 Å². The Hall–Kier alpha value is -4.10. The molecule has 0 bridgehead atoms. The lowest BCUT2D eigenvalue weighted by molar-refractivity contribution is -0.141. The number of para-hydroxylation sites is 1. The number of nitrogens with one attached hydrogen (secondary N) is 3. The highest BCUT2D eigenvalue weighted by molar-refractivity contribution is 5.97. The Balaban J connectivity index is 1.36. The van der Waals surface area contributed by atoms with E-state index in [1.165, 1.54) is 18.2 Å². The molecule has 3 heterocycles. The number of alkyl halides is 3. The first-order chi connectivity index (χ1) is 18.9. The molecule has 210 valence electrons. The zero-order valence-corrected chi connectivity index (χ0v) is 21.1. The monoisotopic (exact) mass is 558 g/mol. The summed E-state index contributed by atoms with van der Waals surface area (Å²) < 4.78 is 52.7. The maximum Gasteiger partial charge on any atom is 0.435 e. The molecule has 0 radical (unpaired) electrons. The molecule has 3 aromatic rings. The van der Waals surface area contributed by atoms with E-state index in [0.717, 1.165) is 5.56 Å². The number of hydrogen-bond donors (Lipinski definition) is 4. The first kappa shape index (κ1) is 27.5. The third-order valence-electron chi connectivity index (χ3n) is 7.34. The predicted octanol–water partition coefficient (Wildman–Crippen LogP) is 2.75. The SMILES string of the molecule is N[C@@H]1C[C@]2(CC(=O)Nc3ccccc32)CN1CC(=O)[C@H](Cc1cccc(F)c1)NC(=O)c1cc(C(F)(F)F)n[nH]1. The summed E-state index contributed by atoms with van der Waals surface area (Å²) in [4.78, 5) is 40.6. The Morgan fingerprint density at radius 2 is 1.95 bits per heavy atom. The zero-order chi connectivity index (χ0) is 28.7. The zero-order valence-electron chi connectivity index (χ0n) is 21.1. The van der Waals surface area contributed by atoms with Gasteiger partial charge in [-0.2, -0.15) is 18.3 Å². The van der Waals surface area contributed by atoms with Gasteiger partial charge in [0.05, 0.1) is 18.8 Å². The summed E-state index contributed by atoms with van der Waals surface area (Å²) in [6.07, 6.45) is -4.84. The first-order valence-electron chi connectivity index (χ1n) is 12.5. The Kier molecular flexibility index (Phi) is 7.19. The summed E-state index contributed by atoms with van der Waals surface area (Å²) in [6, 6.07) is 12.2. The lowest BCUT2D eigenvalue weighted by atomic mass is 9.73. The predicted molar refractivity (Wildman–Crippen MR) is 135 cm³/mol. The normalized spacial score (nSPS) is 21.6. The molecule has 1 aromatic heterocycles. The van der Waals surface area contributed by atoms with Gasteiger partial charge < -0.3 is 16.4 Å². The second kappa shape index (κ2) is 10.5. The number of carbonyl (C=O) groups is 3. The largest absolute Gasteiger partial charge is 0.435 e. The topological polar surface area (TPSA) is 133 Å². The highest BCUT2D eigenvalue weighted by atomic mass is 19.4. The van der Waals surface area contributed by atoms with Gasteiger partial charge in [0.2, 0.25) is 5.91 Å². The summed E-state index contributed by atoms with van der Waals surface area (Å²) in [5.41, 5.74) is 6.07. The van der Waals surface area contributed by atoms with Crippen LogP contribution in [0, 0.1) is 5.82 Å². The van der Waals surface area contributed by atoms with Crippen LogP contribution in [0.15, 0.2) is 54.6 Å². The van der Waals surface area contributed by atoms with Crippen LogP contribution in [0.5, 0.6) is 0 Å². The number of anilines is 1. The van der Waals surface area contributed by atoms with Gasteiger partial charge in [-0.1, -0.05) is 30.3 Å². The maximum atomic E-state index is 13.8. The van der Waals surface area contributed by atoms with E-state index in [-0.39, 0.29) is 25.3 Å². The van der Waals surface area contributed by atoms with Crippen LogP contribution in [-0.2, 0) is 27.6 Å². The van der Waals surface area contributed by atoms with Crippen LogP contribution in [0.2, 0.25) is 0 Å². The van der Waals surface area contributed by atoms with Crippen molar-refractivity contribution >= 4 is 23.3 Å². The number of rotatable bonds is 7. The maximum absolute atomic E-state index is 13.8. The molecule has 13 heteroatoms. The number of carbonyl (C=O) groups excluding carboxylic acids is 3. The van der Waals surface area contributed by atoms with Gasteiger partial charge in [0.25, 0.3) is 5.91 Å². The van der Waals surface area contributed by atoms with E-state index in [4.69, 9.17) is 5.73 Å². The number of Topliss-reactive ketones (excluding diaryl/α,β-unsaturated/α-hetero) is 1.